The Morgan fingerprint density at radius 2 is 1.95 bits per heavy atom. The quantitative estimate of drug-likeness (QED) is 0.830. The van der Waals surface area contributed by atoms with Crippen LogP contribution in [0.15, 0.2) is 18.2 Å². The van der Waals surface area contributed by atoms with Crippen LogP contribution in [-0.2, 0) is 0 Å². The molecule has 0 spiro atoms. The summed E-state index contributed by atoms with van der Waals surface area (Å²) in [6.45, 7) is 3.11. The van der Waals surface area contributed by atoms with Crippen LogP contribution in [-0.4, -0.2) is 62.1 Å². The fourth-order valence-corrected chi connectivity index (χ4v) is 2.98. The lowest BCUT2D eigenvalue weighted by Crippen LogP contribution is -2.44. The van der Waals surface area contributed by atoms with Gasteiger partial charge in [0.25, 0.3) is 5.91 Å². The molecule has 5 nitrogen and oxygen atoms in total. The van der Waals surface area contributed by atoms with Crippen LogP contribution < -0.4 is 9.47 Å². The van der Waals surface area contributed by atoms with Crippen molar-refractivity contribution in [3.8, 4) is 11.5 Å². The van der Waals surface area contributed by atoms with Crippen LogP contribution in [0.3, 0.4) is 0 Å². The number of hydrogen-bond acceptors (Lipinski definition) is 4. The molecule has 1 fully saturated rings. The minimum absolute atomic E-state index is 0.0203. The predicted octanol–water partition coefficient (Wildman–Crippen LogP) is 1.62. The van der Waals surface area contributed by atoms with E-state index >= 15 is 0 Å². The van der Waals surface area contributed by atoms with Crippen molar-refractivity contribution >= 4 is 5.91 Å². The van der Waals surface area contributed by atoms with Gasteiger partial charge >= 0.3 is 0 Å². The number of nitrogens with zero attached hydrogens (tertiary/aromatic N) is 2. The summed E-state index contributed by atoms with van der Waals surface area (Å²) in [6, 6.07) is 5.82. The molecule has 0 bridgehead atoms. The molecular weight excluding hydrogens is 268 g/mol. The van der Waals surface area contributed by atoms with Gasteiger partial charge in [-0.05, 0) is 45.1 Å². The standard InChI is InChI=1S/C16H22N2O3/c1-17-8-6-12(7-9-17)18(2)16(19)13-4-3-5-14-15(13)21-11-10-20-14/h3-5,12H,6-11H2,1-2H3. The third kappa shape index (κ3) is 2.83. The topological polar surface area (TPSA) is 42.0 Å². The van der Waals surface area contributed by atoms with Gasteiger partial charge in [0.2, 0.25) is 0 Å². The van der Waals surface area contributed by atoms with Crippen LogP contribution in [0.1, 0.15) is 23.2 Å². The van der Waals surface area contributed by atoms with Crippen molar-refractivity contribution in [3.63, 3.8) is 0 Å². The van der Waals surface area contributed by atoms with Gasteiger partial charge in [0.1, 0.15) is 13.2 Å². The molecule has 1 amide bonds. The van der Waals surface area contributed by atoms with Gasteiger partial charge in [-0.3, -0.25) is 4.79 Å². The third-order valence-corrected chi connectivity index (χ3v) is 4.35. The molecule has 0 aliphatic carbocycles. The highest BCUT2D eigenvalue weighted by Gasteiger charge is 2.28. The van der Waals surface area contributed by atoms with Crippen LogP contribution in [0.5, 0.6) is 11.5 Å². The van der Waals surface area contributed by atoms with Crippen LogP contribution in [0.4, 0.5) is 0 Å². The summed E-state index contributed by atoms with van der Waals surface area (Å²) < 4.78 is 11.2. The van der Waals surface area contributed by atoms with E-state index in [-0.39, 0.29) is 5.91 Å². The van der Waals surface area contributed by atoms with Gasteiger partial charge in [0.05, 0.1) is 5.56 Å². The van der Waals surface area contributed by atoms with Crippen LogP contribution >= 0.6 is 0 Å². The molecule has 1 aromatic rings. The molecule has 0 saturated carbocycles. The van der Waals surface area contributed by atoms with Crippen LogP contribution in [0, 0.1) is 0 Å². The number of likely N-dealkylation sites (tertiary alicyclic amines) is 1. The first-order valence-electron chi connectivity index (χ1n) is 7.51. The molecule has 0 unspecified atom stereocenters. The summed E-state index contributed by atoms with van der Waals surface area (Å²) in [5.74, 6) is 1.28. The maximum absolute atomic E-state index is 12.8. The Labute approximate surface area is 125 Å². The predicted molar refractivity (Wildman–Crippen MR) is 80.0 cm³/mol. The molecule has 0 radical (unpaired) electrons. The number of benzene rings is 1. The highest BCUT2D eigenvalue weighted by molar-refractivity contribution is 5.98. The van der Waals surface area contributed by atoms with Crippen LogP contribution in [0.25, 0.3) is 0 Å². The summed E-state index contributed by atoms with van der Waals surface area (Å²) in [7, 11) is 4.01. The number of ether oxygens (including phenoxy) is 2. The average molecular weight is 290 g/mol. The minimum Gasteiger partial charge on any atom is -0.486 e. The first-order valence-corrected chi connectivity index (χ1v) is 7.51. The van der Waals surface area contributed by atoms with Crippen molar-refractivity contribution in [2.24, 2.45) is 0 Å². The summed E-state index contributed by atoms with van der Waals surface area (Å²) in [5.41, 5.74) is 0.605. The van der Waals surface area contributed by atoms with E-state index in [1.807, 2.05) is 30.1 Å². The second kappa shape index (κ2) is 5.93. The summed E-state index contributed by atoms with van der Waals surface area (Å²) in [6.07, 6.45) is 2.04. The molecule has 0 N–H and O–H groups in total. The number of rotatable bonds is 2. The SMILES string of the molecule is CN1CCC(N(C)C(=O)c2cccc3c2OCCO3)CC1. The molecule has 0 aromatic heterocycles. The Morgan fingerprint density at radius 3 is 2.71 bits per heavy atom. The van der Waals surface area contributed by atoms with Crippen molar-refractivity contribution in [2.75, 3.05) is 40.4 Å². The van der Waals surface area contributed by atoms with Crippen molar-refractivity contribution in [3.05, 3.63) is 23.8 Å². The maximum Gasteiger partial charge on any atom is 0.257 e. The van der Waals surface area contributed by atoms with E-state index in [4.69, 9.17) is 9.47 Å². The molecule has 1 aromatic carbocycles. The largest absolute Gasteiger partial charge is 0.486 e. The highest BCUT2D eigenvalue weighted by atomic mass is 16.6. The zero-order chi connectivity index (χ0) is 14.8. The van der Waals surface area contributed by atoms with E-state index in [2.05, 4.69) is 11.9 Å². The summed E-state index contributed by atoms with van der Waals surface area (Å²) in [5, 5.41) is 0. The molecular formula is C16H22N2O3. The Morgan fingerprint density at radius 1 is 1.24 bits per heavy atom. The van der Waals surface area contributed by atoms with Crippen molar-refractivity contribution < 1.29 is 14.3 Å². The lowest BCUT2D eigenvalue weighted by molar-refractivity contribution is 0.0650. The summed E-state index contributed by atoms with van der Waals surface area (Å²) in [4.78, 5) is 16.9. The average Bonchev–Trinajstić information content (AvgIpc) is 2.53. The summed E-state index contributed by atoms with van der Waals surface area (Å²) >= 11 is 0. The molecule has 1 saturated heterocycles. The Kier molecular flexibility index (Phi) is 4.01. The maximum atomic E-state index is 12.8. The van der Waals surface area contributed by atoms with E-state index in [1.165, 1.54) is 0 Å². The van der Waals surface area contributed by atoms with E-state index < -0.39 is 0 Å². The number of para-hydroxylation sites is 1. The molecule has 21 heavy (non-hydrogen) atoms. The first kappa shape index (κ1) is 14.2. The molecule has 2 heterocycles. The number of piperidine rings is 1. The lowest BCUT2D eigenvalue weighted by atomic mass is 10.0. The fraction of sp³-hybridized carbons (Fsp3) is 0.562. The number of fused-ring (bicyclic) bond motifs is 1. The normalized spacial score (nSPS) is 19.3. The monoisotopic (exact) mass is 290 g/mol. The van der Waals surface area contributed by atoms with E-state index in [0.717, 1.165) is 25.9 Å². The fourth-order valence-electron chi connectivity index (χ4n) is 2.98. The number of amides is 1. The second-order valence-electron chi connectivity index (χ2n) is 5.78. The van der Waals surface area contributed by atoms with E-state index in [1.54, 1.807) is 0 Å². The molecule has 114 valence electrons. The second-order valence-corrected chi connectivity index (χ2v) is 5.78. The smallest absolute Gasteiger partial charge is 0.257 e. The van der Waals surface area contributed by atoms with E-state index in [9.17, 15) is 4.79 Å². The van der Waals surface area contributed by atoms with Gasteiger partial charge in [0, 0.05) is 13.1 Å². The number of carbonyl (C=O) groups is 1. The van der Waals surface area contributed by atoms with Crippen molar-refractivity contribution in [1.82, 2.24) is 9.80 Å². The molecule has 0 atom stereocenters. The first-order chi connectivity index (χ1) is 10.2. The van der Waals surface area contributed by atoms with Crippen molar-refractivity contribution in [2.45, 2.75) is 18.9 Å². The van der Waals surface area contributed by atoms with Gasteiger partial charge < -0.3 is 19.3 Å². The molecule has 2 aliphatic rings. The number of hydrogen-bond donors (Lipinski definition) is 0. The minimum atomic E-state index is 0.0203. The van der Waals surface area contributed by atoms with E-state index in [0.29, 0.717) is 36.3 Å². The van der Waals surface area contributed by atoms with Gasteiger partial charge in [-0.2, -0.15) is 0 Å². The van der Waals surface area contributed by atoms with Gasteiger partial charge in [-0.15, -0.1) is 0 Å². The van der Waals surface area contributed by atoms with Crippen LogP contribution in [0.2, 0.25) is 0 Å². The molecule has 2 aliphatic heterocycles. The third-order valence-electron chi connectivity index (χ3n) is 4.35. The zero-order valence-corrected chi connectivity index (χ0v) is 12.7. The van der Waals surface area contributed by atoms with Gasteiger partial charge in [-0.25, -0.2) is 0 Å². The van der Waals surface area contributed by atoms with Crippen molar-refractivity contribution in [1.29, 1.82) is 0 Å². The zero-order valence-electron chi connectivity index (χ0n) is 12.7. The Hall–Kier alpha value is -1.75. The van der Waals surface area contributed by atoms with Gasteiger partial charge in [-0.1, -0.05) is 6.07 Å². The Balaban J connectivity index is 1.78. The lowest BCUT2D eigenvalue weighted by Gasteiger charge is -2.35. The molecule has 5 heteroatoms. The highest BCUT2D eigenvalue weighted by Crippen LogP contribution is 2.34. The molecule has 3 rings (SSSR count). The van der Waals surface area contributed by atoms with Gasteiger partial charge in [0.15, 0.2) is 11.5 Å². The Bertz CT molecular complexity index is 524. The number of carbonyl (C=O) groups excluding carboxylic acids is 1.